The molecule has 5 nitrogen and oxygen atoms in total. The first-order valence-corrected chi connectivity index (χ1v) is 11.7. The van der Waals surface area contributed by atoms with Crippen molar-refractivity contribution in [2.45, 2.75) is 30.6 Å². The van der Waals surface area contributed by atoms with Crippen molar-refractivity contribution in [1.29, 1.82) is 0 Å². The van der Waals surface area contributed by atoms with Crippen LogP contribution < -0.4 is 15.4 Å². The minimum atomic E-state index is -0.153. The van der Waals surface area contributed by atoms with Crippen LogP contribution in [-0.2, 0) is 17.6 Å². The summed E-state index contributed by atoms with van der Waals surface area (Å²) in [7, 11) is 1.59. The number of rotatable bonds is 7. The molecule has 3 aromatic rings. The van der Waals surface area contributed by atoms with Crippen molar-refractivity contribution in [3.05, 3.63) is 83.4 Å². The van der Waals surface area contributed by atoms with Crippen LogP contribution in [0, 0.1) is 0 Å². The summed E-state index contributed by atoms with van der Waals surface area (Å²) in [5, 5.41) is 5.97. The SMILES string of the molecule is COc1cccc(NC(=O)CSc2ccccc2C(=O)Nc2cccc3c2CCCC3)c1. The van der Waals surface area contributed by atoms with Gasteiger partial charge in [-0.25, -0.2) is 0 Å². The van der Waals surface area contributed by atoms with Gasteiger partial charge < -0.3 is 15.4 Å². The van der Waals surface area contributed by atoms with E-state index in [4.69, 9.17) is 4.74 Å². The van der Waals surface area contributed by atoms with Gasteiger partial charge in [-0.2, -0.15) is 0 Å². The molecule has 3 aromatic carbocycles. The van der Waals surface area contributed by atoms with Crippen molar-refractivity contribution in [2.75, 3.05) is 23.5 Å². The largest absolute Gasteiger partial charge is 0.497 e. The fraction of sp³-hybridized carbons (Fsp3) is 0.231. The number of carbonyl (C=O) groups excluding carboxylic acids is 2. The molecular formula is C26H26N2O3S. The molecule has 0 fully saturated rings. The Hall–Kier alpha value is -3.25. The van der Waals surface area contributed by atoms with Gasteiger partial charge in [0.1, 0.15) is 5.75 Å². The summed E-state index contributed by atoms with van der Waals surface area (Å²) >= 11 is 1.35. The average molecular weight is 447 g/mol. The third-order valence-corrected chi connectivity index (χ3v) is 6.56. The second-order valence-electron chi connectivity index (χ2n) is 7.67. The van der Waals surface area contributed by atoms with E-state index in [1.165, 1.54) is 29.3 Å². The van der Waals surface area contributed by atoms with Gasteiger partial charge in [-0.3, -0.25) is 9.59 Å². The lowest BCUT2D eigenvalue weighted by Gasteiger charge is -2.20. The molecule has 0 aromatic heterocycles. The van der Waals surface area contributed by atoms with Crippen LogP contribution in [0.25, 0.3) is 0 Å². The van der Waals surface area contributed by atoms with Crippen LogP contribution in [0.2, 0.25) is 0 Å². The number of amides is 2. The summed E-state index contributed by atoms with van der Waals surface area (Å²) in [5.74, 6) is 0.582. The normalized spacial score (nSPS) is 12.5. The molecule has 1 aliphatic rings. The topological polar surface area (TPSA) is 67.4 Å². The molecular weight excluding hydrogens is 420 g/mol. The van der Waals surface area contributed by atoms with Crippen LogP contribution in [0.3, 0.4) is 0 Å². The van der Waals surface area contributed by atoms with Gasteiger partial charge in [0.15, 0.2) is 0 Å². The molecule has 0 bridgehead atoms. The van der Waals surface area contributed by atoms with E-state index in [0.717, 1.165) is 29.8 Å². The number of nitrogens with one attached hydrogen (secondary N) is 2. The van der Waals surface area contributed by atoms with E-state index >= 15 is 0 Å². The first-order chi connectivity index (χ1) is 15.6. The van der Waals surface area contributed by atoms with E-state index in [1.807, 2.05) is 48.5 Å². The van der Waals surface area contributed by atoms with Crippen molar-refractivity contribution in [3.8, 4) is 5.75 Å². The Morgan fingerprint density at radius 3 is 2.62 bits per heavy atom. The minimum Gasteiger partial charge on any atom is -0.497 e. The predicted octanol–water partition coefficient (Wildman–Crippen LogP) is 5.56. The molecule has 4 rings (SSSR count). The van der Waals surface area contributed by atoms with Crippen molar-refractivity contribution in [3.63, 3.8) is 0 Å². The highest BCUT2D eigenvalue weighted by Gasteiger charge is 2.17. The van der Waals surface area contributed by atoms with Gasteiger partial charge >= 0.3 is 0 Å². The third kappa shape index (κ3) is 5.32. The molecule has 32 heavy (non-hydrogen) atoms. The Labute approximate surface area is 192 Å². The highest BCUT2D eigenvalue weighted by Crippen LogP contribution is 2.29. The lowest BCUT2D eigenvalue weighted by Crippen LogP contribution is -2.17. The number of ether oxygens (including phenoxy) is 1. The second kappa shape index (κ2) is 10.4. The van der Waals surface area contributed by atoms with Crippen LogP contribution in [-0.4, -0.2) is 24.7 Å². The number of thioether (sulfide) groups is 1. The van der Waals surface area contributed by atoms with Crippen molar-refractivity contribution in [2.24, 2.45) is 0 Å². The summed E-state index contributed by atoms with van der Waals surface area (Å²) < 4.78 is 5.19. The zero-order chi connectivity index (χ0) is 22.3. The Morgan fingerprint density at radius 1 is 0.938 bits per heavy atom. The van der Waals surface area contributed by atoms with Gasteiger partial charge in [0.25, 0.3) is 5.91 Å². The number of benzene rings is 3. The molecule has 0 spiro atoms. The molecule has 0 radical (unpaired) electrons. The molecule has 0 saturated heterocycles. The maximum absolute atomic E-state index is 13.1. The number of hydrogen-bond donors (Lipinski definition) is 2. The van der Waals surface area contributed by atoms with E-state index in [1.54, 1.807) is 19.2 Å². The molecule has 2 N–H and O–H groups in total. The molecule has 6 heteroatoms. The smallest absolute Gasteiger partial charge is 0.256 e. The molecule has 0 heterocycles. The lowest BCUT2D eigenvalue weighted by atomic mass is 9.90. The monoisotopic (exact) mass is 446 g/mol. The Bertz CT molecular complexity index is 1130. The van der Waals surface area contributed by atoms with Gasteiger partial charge in [0, 0.05) is 22.3 Å². The first-order valence-electron chi connectivity index (χ1n) is 10.7. The fourth-order valence-electron chi connectivity index (χ4n) is 3.91. The summed E-state index contributed by atoms with van der Waals surface area (Å²) in [6.07, 6.45) is 4.40. The summed E-state index contributed by atoms with van der Waals surface area (Å²) in [5.41, 5.74) is 4.71. The quantitative estimate of drug-likeness (QED) is 0.467. The second-order valence-corrected chi connectivity index (χ2v) is 8.69. The van der Waals surface area contributed by atoms with Crippen molar-refractivity contribution in [1.82, 2.24) is 0 Å². The van der Waals surface area contributed by atoms with E-state index in [9.17, 15) is 9.59 Å². The number of carbonyl (C=O) groups is 2. The van der Waals surface area contributed by atoms with Crippen LogP contribution >= 0.6 is 11.8 Å². The zero-order valence-electron chi connectivity index (χ0n) is 18.0. The van der Waals surface area contributed by atoms with E-state index in [-0.39, 0.29) is 17.6 Å². The summed E-state index contributed by atoms with van der Waals surface area (Å²) in [6, 6.07) is 20.7. The van der Waals surface area contributed by atoms with Gasteiger partial charge in [0.2, 0.25) is 5.91 Å². The Kier molecular flexibility index (Phi) is 7.12. The Balaban J connectivity index is 1.42. The molecule has 1 aliphatic carbocycles. The van der Waals surface area contributed by atoms with Crippen molar-refractivity contribution < 1.29 is 14.3 Å². The molecule has 0 aliphatic heterocycles. The third-order valence-electron chi connectivity index (χ3n) is 5.49. The minimum absolute atomic E-state index is 0.143. The average Bonchev–Trinajstić information content (AvgIpc) is 2.83. The first kappa shape index (κ1) is 22.0. The van der Waals surface area contributed by atoms with Gasteiger partial charge in [-0.15, -0.1) is 11.8 Å². The molecule has 2 amide bonds. The molecule has 164 valence electrons. The maximum Gasteiger partial charge on any atom is 0.256 e. The number of aryl methyl sites for hydroxylation is 1. The van der Waals surface area contributed by atoms with E-state index in [0.29, 0.717) is 17.0 Å². The van der Waals surface area contributed by atoms with E-state index in [2.05, 4.69) is 16.7 Å². The number of anilines is 2. The fourth-order valence-corrected chi connectivity index (χ4v) is 4.76. The van der Waals surface area contributed by atoms with Gasteiger partial charge in [-0.05, 0) is 67.1 Å². The van der Waals surface area contributed by atoms with Crippen LogP contribution in [0.15, 0.2) is 71.6 Å². The predicted molar refractivity (Wildman–Crippen MR) is 130 cm³/mol. The van der Waals surface area contributed by atoms with E-state index < -0.39 is 0 Å². The van der Waals surface area contributed by atoms with Gasteiger partial charge in [0.05, 0.1) is 18.4 Å². The zero-order valence-corrected chi connectivity index (χ0v) is 18.8. The highest BCUT2D eigenvalue weighted by atomic mass is 32.2. The highest BCUT2D eigenvalue weighted by molar-refractivity contribution is 8.00. The van der Waals surface area contributed by atoms with Crippen LogP contribution in [0.4, 0.5) is 11.4 Å². The number of methoxy groups -OCH3 is 1. The standard InChI is InChI=1S/C26H26N2O3S/c1-31-20-11-7-10-19(16-20)27-25(29)17-32-24-15-5-4-13-22(24)26(30)28-23-14-6-9-18-8-2-3-12-21(18)23/h4-7,9-11,13-16H,2-3,8,12,17H2,1H3,(H,27,29)(H,28,30). The molecule has 0 atom stereocenters. The molecule has 0 saturated carbocycles. The summed E-state index contributed by atoms with van der Waals surface area (Å²) in [6.45, 7) is 0. The van der Waals surface area contributed by atoms with Gasteiger partial charge in [-0.1, -0.05) is 30.3 Å². The Morgan fingerprint density at radius 2 is 1.75 bits per heavy atom. The lowest BCUT2D eigenvalue weighted by molar-refractivity contribution is -0.113. The summed E-state index contributed by atoms with van der Waals surface area (Å²) in [4.78, 5) is 26.3. The van der Waals surface area contributed by atoms with Crippen molar-refractivity contribution >= 4 is 35.0 Å². The number of fused-ring (bicyclic) bond motifs is 1. The number of hydrogen-bond acceptors (Lipinski definition) is 4. The van der Waals surface area contributed by atoms with Crippen LogP contribution in [0.1, 0.15) is 34.3 Å². The molecule has 0 unspecified atom stereocenters. The maximum atomic E-state index is 13.1. The van der Waals surface area contributed by atoms with Crippen LogP contribution in [0.5, 0.6) is 5.75 Å².